The van der Waals surface area contributed by atoms with Crippen LogP contribution in [-0.2, 0) is 9.53 Å². The molecule has 1 aromatic carbocycles. The summed E-state index contributed by atoms with van der Waals surface area (Å²) < 4.78 is 4.73. The van der Waals surface area contributed by atoms with Crippen molar-refractivity contribution in [1.82, 2.24) is 5.32 Å². The van der Waals surface area contributed by atoms with Crippen LogP contribution in [-0.4, -0.2) is 24.5 Å². The maximum absolute atomic E-state index is 11.4. The molecule has 0 saturated carbocycles. The average molecular weight is 209 g/mol. The number of carbonyl (C=O) groups excluding carboxylic acids is 1. The molecule has 2 rings (SSSR count). The zero-order valence-electron chi connectivity index (χ0n) is 7.82. The van der Waals surface area contributed by atoms with Gasteiger partial charge in [0.05, 0.1) is 7.11 Å². The number of nitrogens with one attached hydrogen (secondary N) is 1. The van der Waals surface area contributed by atoms with E-state index in [1.54, 1.807) is 0 Å². The first-order valence-electron chi connectivity index (χ1n) is 4.34. The predicted octanol–water partition coefficient (Wildman–Crippen LogP) is 1.25. The molecule has 1 aliphatic rings. The van der Waals surface area contributed by atoms with Crippen molar-refractivity contribution in [1.29, 1.82) is 0 Å². The van der Waals surface area contributed by atoms with Crippen molar-refractivity contribution in [2.45, 2.75) is 9.77 Å². The Morgan fingerprint density at radius 2 is 2.14 bits per heavy atom. The van der Waals surface area contributed by atoms with Gasteiger partial charge in [0.2, 0.25) is 0 Å². The molecule has 74 valence electrons. The summed E-state index contributed by atoms with van der Waals surface area (Å²) in [7, 11) is 1.41. The Hall–Kier alpha value is -1.00. The van der Waals surface area contributed by atoms with Gasteiger partial charge in [-0.05, 0) is 12.1 Å². The standard InChI is InChI=1S/C10H11NO2S/c1-13-9(12)10(7-11-10)14-8-5-3-2-4-6-8/h2-6,11H,7H2,1H3/t10-/m0/s1. The number of hydrogen-bond acceptors (Lipinski definition) is 4. The largest absolute Gasteiger partial charge is 0.467 e. The van der Waals surface area contributed by atoms with Gasteiger partial charge in [0.1, 0.15) is 0 Å². The fourth-order valence-electron chi connectivity index (χ4n) is 1.19. The average Bonchev–Trinajstić information content (AvgIpc) is 2.99. The van der Waals surface area contributed by atoms with Crippen LogP contribution in [0.25, 0.3) is 0 Å². The molecule has 3 nitrogen and oxygen atoms in total. The van der Waals surface area contributed by atoms with Crippen LogP contribution in [0.2, 0.25) is 0 Å². The summed E-state index contributed by atoms with van der Waals surface area (Å²) in [5.41, 5.74) is 0. The van der Waals surface area contributed by atoms with Gasteiger partial charge >= 0.3 is 5.97 Å². The van der Waals surface area contributed by atoms with Crippen LogP contribution >= 0.6 is 11.8 Å². The molecule has 0 aliphatic carbocycles. The molecule has 1 aromatic rings. The van der Waals surface area contributed by atoms with E-state index in [1.807, 2.05) is 30.3 Å². The number of thioether (sulfide) groups is 1. The number of methoxy groups -OCH3 is 1. The van der Waals surface area contributed by atoms with Gasteiger partial charge in [0.15, 0.2) is 4.87 Å². The highest BCUT2D eigenvalue weighted by atomic mass is 32.2. The second-order valence-electron chi connectivity index (χ2n) is 3.09. The summed E-state index contributed by atoms with van der Waals surface area (Å²) in [6.07, 6.45) is 0. The minimum atomic E-state index is -0.532. The summed E-state index contributed by atoms with van der Waals surface area (Å²) in [5, 5.41) is 3.04. The molecule has 0 spiro atoms. The molecule has 0 radical (unpaired) electrons. The van der Waals surface area contributed by atoms with E-state index in [2.05, 4.69) is 5.32 Å². The molecular formula is C10H11NO2S. The fraction of sp³-hybridized carbons (Fsp3) is 0.300. The molecular weight excluding hydrogens is 198 g/mol. The Kier molecular flexibility index (Phi) is 2.48. The molecule has 1 aliphatic heterocycles. The van der Waals surface area contributed by atoms with Crippen LogP contribution in [0.15, 0.2) is 35.2 Å². The van der Waals surface area contributed by atoms with Crippen LogP contribution in [0, 0.1) is 0 Å². The first-order valence-corrected chi connectivity index (χ1v) is 5.16. The van der Waals surface area contributed by atoms with Gasteiger partial charge in [-0.15, -0.1) is 0 Å². The molecule has 0 bridgehead atoms. The number of esters is 1. The zero-order chi connectivity index (χ0) is 10.0. The van der Waals surface area contributed by atoms with E-state index in [4.69, 9.17) is 4.74 Å². The Morgan fingerprint density at radius 1 is 1.50 bits per heavy atom. The number of benzene rings is 1. The van der Waals surface area contributed by atoms with Crippen LogP contribution in [0.4, 0.5) is 0 Å². The van der Waals surface area contributed by atoms with Crippen molar-refractivity contribution in [2.75, 3.05) is 13.7 Å². The van der Waals surface area contributed by atoms with E-state index in [1.165, 1.54) is 18.9 Å². The number of carbonyl (C=O) groups is 1. The summed E-state index contributed by atoms with van der Waals surface area (Å²) in [4.78, 5) is 11.9. The van der Waals surface area contributed by atoms with Crippen LogP contribution in [0.5, 0.6) is 0 Å². The second kappa shape index (κ2) is 3.63. The highest BCUT2D eigenvalue weighted by molar-refractivity contribution is 8.01. The van der Waals surface area contributed by atoms with E-state index in [0.717, 1.165) is 4.90 Å². The first kappa shape index (κ1) is 9.55. The van der Waals surface area contributed by atoms with Crippen LogP contribution < -0.4 is 5.32 Å². The molecule has 14 heavy (non-hydrogen) atoms. The Labute approximate surface area is 86.8 Å². The van der Waals surface area contributed by atoms with Gasteiger partial charge < -0.3 is 4.74 Å². The molecule has 1 atom stereocenters. The van der Waals surface area contributed by atoms with Crippen molar-refractivity contribution in [3.05, 3.63) is 30.3 Å². The highest BCUT2D eigenvalue weighted by Crippen LogP contribution is 2.38. The summed E-state index contributed by atoms with van der Waals surface area (Å²) in [6, 6.07) is 9.82. The third-order valence-electron chi connectivity index (χ3n) is 2.05. The topological polar surface area (TPSA) is 48.2 Å². The molecule has 1 fully saturated rings. The fourth-order valence-corrected chi connectivity index (χ4v) is 2.27. The first-order chi connectivity index (χ1) is 6.77. The molecule has 1 heterocycles. The lowest BCUT2D eigenvalue weighted by atomic mass is 10.4. The van der Waals surface area contributed by atoms with Gasteiger partial charge in [-0.25, -0.2) is 4.79 Å². The van der Waals surface area contributed by atoms with E-state index >= 15 is 0 Å². The molecule has 1 N–H and O–H groups in total. The Bertz CT molecular complexity index is 335. The molecule has 0 unspecified atom stereocenters. The maximum Gasteiger partial charge on any atom is 0.338 e. The minimum Gasteiger partial charge on any atom is -0.467 e. The normalized spacial score (nSPS) is 24.4. The molecule has 0 aromatic heterocycles. The van der Waals surface area contributed by atoms with Gasteiger partial charge in [0, 0.05) is 11.4 Å². The van der Waals surface area contributed by atoms with E-state index < -0.39 is 4.87 Å². The van der Waals surface area contributed by atoms with Crippen LogP contribution in [0.3, 0.4) is 0 Å². The van der Waals surface area contributed by atoms with Crippen molar-refractivity contribution >= 4 is 17.7 Å². The molecule has 4 heteroatoms. The highest BCUT2D eigenvalue weighted by Gasteiger charge is 2.52. The zero-order valence-corrected chi connectivity index (χ0v) is 8.64. The van der Waals surface area contributed by atoms with Gasteiger partial charge in [0.25, 0.3) is 0 Å². The molecule has 0 amide bonds. The number of ether oxygens (including phenoxy) is 1. The smallest absolute Gasteiger partial charge is 0.338 e. The van der Waals surface area contributed by atoms with Crippen molar-refractivity contribution in [2.24, 2.45) is 0 Å². The second-order valence-corrected chi connectivity index (χ2v) is 4.46. The lowest BCUT2D eigenvalue weighted by molar-refractivity contribution is -0.140. The summed E-state index contributed by atoms with van der Waals surface area (Å²) in [6.45, 7) is 0.680. The third kappa shape index (κ3) is 1.76. The quantitative estimate of drug-likeness (QED) is 0.601. The predicted molar refractivity (Wildman–Crippen MR) is 55.0 cm³/mol. The van der Waals surface area contributed by atoms with Gasteiger partial charge in [-0.2, -0.15) is 0 Å². The van der Waals surface area contributed by atoms with Crippen molar-refractivity contribution in [3.63, 3.8) is 0 Å². The number of rotatable bonds is 3. The third-order valence-corrected chi connectivity index (χ3v) is 3.36. The van der Waals surface area contributed by atoms with Gasteiger partial charge in [-0.1, -0.05) is 30.0 Å². The lowest BCUT2D eigenvalue weighted by Crippen LogP contribution is -2.25. The van der Waals surface area contributed by atoms with Crippen molar-refractivity contribution < 1.29 is 9.53 Å². The van der Waals surface area contributed by atoms with Crippen LogP contribution in [0.1, 0.15) is 0 Å². The monoisotopic (exact) mass is 209 g/mol. The summed E-state index contributed by atoms with van der Waals surface area (Å²) in [5.74, 6) is -0.202. The van der Waals surface area contributed by atoms with E-state index in [-0.39, 0.29) is 5.97 Å². The maximum atomic E-state index is 11.4. The Morgan fingerprint density at radius 3 is 2.64 bits per heavy atom. The van der Waals surface area contributed by atoms with E-state index in [0.29, 0.717) is 6.54 Å². The lowest BCUT2D eigenvalue weighted by Gasteiger charge is -2.09. The van der Waals surface area contributed by atoms with Crippen molar-refractivity contribution in [3.8, 4) is 0 Å². The summed E-state index contributed by atoms with van der Waals surface area (Å²) >= 11 is 1.50. The number of hydrogen-bond donors (Lipinski definition) is 1. The molecule has 1 saturated heterocycles. The van der Waals surface area contributed by atoms with E-state index in [9.17, 15) is 4.79 Å². The van der Waals surface area contributed by atoms with Gasteiger partial charge in [-0.3, -0.25) is 5.32 Å². The minimum absolute atomic E-state index is 0.202. The Balaban J connectivity index is 2.08. The SMILES string of the molecule is COC(=O)[C@@]1(Sc2ccccc2)CN1.